The summed E-state index contributed by atoms with van der Waals surface area (Å²) in [7, 11) is 0. The molecule has 21 heavy (non-hydrogen) atoms. The predicted molar refractivity (Wildman–Crippen MR) is 82.1 cm³/mol. The summed E-state index contributed by atoms with van der Waals surface area (Å²) < 4.78 is 0. The number of nitrogens with one attached hydrogen (secondary N) is 1. The second kappa shape index (κ2) is 7.11. The van der Waals surface area contributed by atoms with Crippen LogP contribution < -0.4 is 11.1 Å². The third-order valence-electron chi connectivity index (χ3n) is 4.38. The molecule has 0 bridgehead atoms. The molecule has 5 nitrogen and oxygen atoms in total. The van der Waals surface area contributed by atoms with Crippen molar-refractivity contribution in [2.24, 2.45) is 22.7 Å². The monoisotopic (exact) mass is 289 g/mol. The van der Waals surface area contributed by atoms with Crippen molar-refractivity contribution in [3.8, 4) is 0 Å². The summed E-state index contributed by atoms with van der Waals surface area (Å²) in [5, 5.41) is 14.9. The van der Waals surface area contributed by atoms with E-state index in [2.05, 4.69) is 17.4 Å². The first-order chi connectivity index (χ1) is 10.1. The van der Waals surface area contributed by atoms with Crippen molar-refractivity contribution in [1.29, 1.82) is 0 Å². The minimum Gasteiger partial charge on any atom is -0.409 e. The highest BCUT2D eigenvalue weighted by Gasteiger charge is 2.28. The molecule has 2 rings (SSSR count). The van der Waals surface area contributed by atoms with E-state index in [0.29, 0.717) is 18.4 Å². The quantitative estimate of drug-likeness (QED) is 0.335. The van der Waals surface area contributed by atoms with E-state index < -0.39 is 5.92 Å². The summed E-state index contributed by atoms with van der Waals surface area (Å²) in [4.78, 5) is 12.4. The molecular formula is C16H23N3O2. The van der Waals surface area contributed by atoms with Crippen LogP contribution in [0, 0.1) is 11.8 Å². The Labute approximate surface area is 125 Å². The number of rotatable bonds is 5. The Morgan fingerprint density at radius 2 is 2.14 bits per heavy atom. The fraction of sp³-hybridized carbons (Fsp3) is 0.500. The van der Waals surface area contributed by atoms with Crippen LogP contribution in [0.4, 0.5) is 0 Å². The van der Waals surface area contributed by atoms with Crippen LogP contribution >= 0.6 is 0 Å². The molecule has 0 heterocycles. The zero-order chi connectivity index (χ0) is 15.2. The van der Waals surface area contributed by atoms with Gasteiger partial charge in [0.05, 0.1) is 0 Å². The molecule has 4 N–H and O–H groups in total. The number of carbonyl (C=O) groups excluding carboxylic acids is 1. The van der Waals surface area contributed by atoms with Crippen LogP contribution in [0.2, 0.25) is 0 Å². The van der Waals surface area contributed by atoms with Crippen LogP contribution in [-0.2, 0) is 4.79 Å². The number of oxime groups is 1. The minimum atomic E-state index is -0.743. The molecule has 0 aromatic heterocycles. The van der Waals surface area contributed by atoms with Gasteiger partial charge in [0.1, 0.15) is 5.92 Å². The molecule has 1 aliphatic carbocycles. The van der Waals surface area contributed by atoms with Crippen LogP contribution in [0.25, 0.3) is 0 Å². The van der Waals surface area contributed by atoms with Crippen LogP contribution in [0.1, 0.15) is 37.7 Å². The van der Waals surface area contributed by atoms with Crippen LogP contribution in [0.15, 0.2) is 35.5 Å². The highest BCUT2D eigenvalue weighted by Crippen LogP contribution is 2.30. The van der Waals surface area contributed by atoms with Gasteiger partial charge in [-0.1, -0.05) is 55.3 Å². The molecule has 114 valence electrons. The van der Waals surface area contributed by atoms with Gasteiger partial charge in [-0.2, -0.15) is 0 Å². The molecule has 1 aromatic carbocycles. The van der Waals surface area contributed by atoms with E-state index in [0.717, 1.165) is 12.0 Å². The lowest BCUT2D eigenvalue weighted by Gasteiger charge is -2.20. The summed E-state index contributed by atoms with van der Waals surface area (Å²) in [5.41, 5.74) is 6.43. The van der Waals surface area contributed by atoms with Gasteiger partial charge in [0, 0.05) is 6.54 Å². The van der Waals surface area contributed by atoms with Crippen LogP contribution in [-0.4, -0.2) is 23.5 Å². The lowest BCUT2D eigenvalue weighted by molar-refractivity contribution is -0.121. The molecule has 0 spiro atoms. The molecule has 1 fully saturated rings. The van der Waals surface area contributed by atoms with E-state index in [1.54, 1.807) is 12.1 Å². The third-order valence-corrected chi connectivity index (χ3v) is 4.38. The molecule has 0 saturated heterocycles. The van der Waals surface area contributed by atoms with Crippen molar-refractivity contribution in [2.45, 2.75) is 32.1 Å². The molecule has 1 aliphatic rings. The zero-order valence-corrected chi connectivity index (χ0v) is 12.3. The Hall–Kier alpha value is -2.04. The number of nitrogens with two attached hydrogens (primary N) is 1. The fourth-order valence-corrected chi connectivity index (χ4v) is 3.02. The largest absolute Gasteiger partial charge is 0.409 e. The summed E-state index contributed by atoms with van der Waals surface area (Å²) in [6.45, 7) is 2.88. The van der Waals surface area contributed by atoms with Crippen LogP contribution in [0.5, 0.6) is 0 Å². The molecule has 1 aromatic rings. The number of carbonyl (C=O) groups is 1. The van der Waals surface area contributed by atoms with E-state index in [1.165, 1.54) is 12.8 Å². The number of amidine groups is 1. The number of hydrogen-bond donors (Lipinski definition) is 3. The second-order valence-corrected chi connectivity index (χ2v) is 5.78. The molecule has 3 atom stereocenters. The Balaban J connectivity index is 2.05. The average Bonchev–Trinajstić information content (AvgIpc) is 2.91. The van der Waals surface area contributed by atoms with Crippen molar-refractivity contribution < 1.29 is 10.0 Å². The fourth-order valence-electron chi connectivity index (χ4n) is 3.02. The standard InChI is InChI=1S/C16H23N3O2/c1-11-6-5-9-13(11)10-18-16(20)14(15(17)19-21)12-7-3-2-4-8-12/h2-4,7-8,11,13-14,21H,5-6,9-10H2,1H3,(H2,17,19)(H,18,20). The SMILES string of the molecule is CC1CCCC1CNC(=O)C(/C(N)=N/O)c1ccccc1. The first-order valence-electron chi connectivity index (χ1n) is 7.43. The van der Waals surface area contributed by atoms with Gasteiger partial charge in [0.25, 0.3) is 0 Å². The number of benzene rings is 1. The van der Waals surface area contributed by atoms with E-state index >= 15 is 0 Å². The zero-order valence-electron chi connectivity index (χ0n) is 12.3. The summed E-state index contributed by atoms with van der Waals surface area (Å²) in [6, 6.07) is 9.14. The summed E-state index contributed by atoms with van der Waals surface area (Å²) in [5.74, 6) is 0.128. The van der Waals surface area contributed by atoms with Gasteiger partial charge >= 0.3 is 0 Å². The molecule has 0 aliphatic heterocycles. The van der Waals surface area contributed by atoms with E-state index in [4.69, 9.17) is 10.9 Å². The molecule has 5 heteroatoms. The maximum Gasteiger partial charge on any atom is 0.235 e. The lowest BCUT2D eigenvalue weighted by atomic mass is 9.95. The average molecular weight is 289 g/mol. The Kier molecular flexibility index (Phi) is 5.20. The second-order valence-electron chi connectivity index (χ2n) is 5.78. The first-order valence-corrected chi connectivity index (χ1v) is 7.43. The number of amides is 1. The van der Waals surface area contributed by atoms with Crippen LogP contribution in [0.3, 0.4) is 0 Å². The normalized spacial score (nSPS) is 23.8. The topological polar surface area (TPSA) is 87.7 Å². The summed E-state index contributed by atoms with van der Waals surface area (Å²) in [6.07, 6.45) is 3.61. The maximum atomic E-state index is 12.4. The highest BCUT2D eigenvalue weighted by atomic mass is 16.4. The van der Waals surface area contributed by atoms with Gasteiger partial charge in [-0.15, -0.1) is 0 Å². The molecule has 1 saturated carbocycles. The highest BCUT2D eigenvalue weighted by molar-refractivity contribution is 6.07. The van der Waals surface area contributed by atoms with E-state index in [1.807, 2.05) is 18.2 Å². The van der Waals surface area contributed by atoms with Gasteiger partial charge in [-0.05, 0) is 23.8 Å². The van der Waals surface area contributed by atoms with Crippen molar-refractivity contribution in [3.05, 3.63) is 35.9 Å². The smallest absolute Gasteiger partial charge is 0.235 e. The summed E-state index contributed by atoms with van der Waals surface area (Å²) >= 11 is 0. The van der Waals surface area contributed by atoms with Gasteiger partial charge in [-0.3, -0.25) is 4.79 Å². The first kappa shape index (κ1) is 15.4. The van der Waals surface area contributed by atoms with Gasteiger partial charge in [0.2, 0.25) is 5.91 Å². The number of hydrogen-bond acceptors (Lipinski definition) is 3. The van der Waals surface area contributed by atoms with E-state index in [-0.39, 0.29) is 11.7 Å². The minimum absolute atomic E-state index is 0.0850. The Morgan fingerprint density at radius 3 is 2.71 bits per heavy atom. The molecule has 0 radical (unpaired) electrons. The predicted octanol–water partition coefficient (Wildman–Crippen LogP) is 2.07. The molecule has 1 amide bonds. The van der Waals surface area contributed by atoms with Gasteiger partial charge in [-0.25, -0.2) is 0 Å². The van der Waals surface area contributed by atoms with E-state index in [9.17, 15) is 4.79 Å². The number of nitrogens with zero attached hydrogens (tertiary/aromatic N) is 1. The maximum absolute atomic E-state index is 12.4. The molecule has 3 unspecified atom stereocenters. The van der Waals surface area contributed by atoms with Gasteiger partial charge in [0.15, 0.2) is 5.84 Å². The Bertz CT molecular complexity index is 502. The Morgan fingerprint density at radius 1 is 1.43 bits per heavy atom. The van der Waals surface area contributed by atoms with Gasteiger partial charge < -0.3 is 16.3 Å². The van der Waals surface area contributed by atoms with Crippen molar-refractivity contribution in [1.82, 2.24) is 5.32 Å². The van der Waals surface area contributed by atoms with Crippen molar-refractivity contribution in [3.63, 3.8) is 0 Å². The van der Waals surface area contributed by atoms with Crippen molar-refractivity contribution >= 4 is 11.7 Å². The van der Waals surface area contributed by atoms with Crippen molar-refractivity contribution in [2.75, 3.05) is 6.54 Å². The molecular weight excluding hydrogens is 266 g/mol. The third kappa shape index (κ3) is 3.74. The lowest BCUT2D eigenvalue weighted by Crippen LogP contribution is -2.39.